The van der Waals surface area contributed by atoms with Gasteiger partial charge in [-0.15, -0.1) is 0 Å². The predicted octanol–water partition coefficient (Wildman–Crippen LogP) is 1.20. The fourth-order valence-electron chi connectivity index (χ4n) is 0.828. The van der Waals surface area contributed by atoms with E-state index in [4.69, 9.17) is 16.2 Å². The summed E-state index contributed by atoms with van der Waals surface area (Å²) in [5.41, 5.74) is 4.43. The van der Waals surface area contributed by atoms with Gasteiger partial charge < -0.3 is 10.8 Å². The second kappa shape index (κ2) is 4.09. The van der Waals surface area contributed by atoms with E-state index in [1.807, 2.05) is 0 Å². The smallest absolute Gasteiger partial charge is 0.309 e. The van der Waals surface area contributed by atoms with Crippen molar-refractivity contribution >= 4 is 11.8 Å². The average Bonchev–Trinajstić information content (AvgIpc) is 1.85. The van der Waals surface area contributed by atoms with Gasteiger partial charge in [0.2, 0.25) is 0 Å². The lowest BCUT2D eigenvalue weighted by molar-refractivity contribution is -0.147. The van der Waals surface area contributed by atoms with Crippen LogP contribution in [0.25, 0.3) is 0 Å². The summed E-state index contributed by atoms with van der Waals surface area (Å²) < 4.78 is 0. The first-order valence-corrected chi connectivity index (χ1v) is 3.92. The molecule has 4 nitrogen and oxygen atoms in total. The fraction of sp³-hybridized carbons (Fsp3) is 0.750. The average molecular weight is 172 g/mol. The number of amidine groups is 1. The van der Waals surface area contributed by atoms with Gasteiger partial charge in [0, 0.05) is 6.42 Å². The van der Waals surface area contributed by atoms with Gasteiger partial charge >= 0.3 is 5.97 Å². The zero-order valence-electron chi connectivity index (χ0n) is 7.55. The third kappa shape index (κ3) is 3.95. The van der Waals surface area contributed by atoms with Crippen LogP contribution in [0.3, 0.4) is 0 Å². The molecule has 0 atom stereocenters. The van der Waals surface area contributed by atoms with Crippen molar-refractivity contribution in [2.24, 2.45) is 11.1 Å². The summed E-state index contributed by atoms with van der Waals surface area (Å²) >= 11 is 0. The Kier molecular flexibility index (Phi) is 3.73. The minimum atomic E-state index is -0.800. The SMILES string of the molecule is CC(C)(CCCC(=N)N)C(=O)O. The number of nitrogens with one attached hydrogen (secondary N) is 1. The van der Waals surface area contributed by atoms with E-state index < -0.39 is 11.4 Å². The molecular weight excluding hydrogens is 156 g/mol. The Morgan fingerprint density at radius 2 is 2.08 bits per heavy atom. The lowest BCUT2D eigenvalue weighted by Gasteiger charge is -2.18. The molecule has 0 amide bonds. The Balaban J connectivity index is 3.76. The summed E-state index contributed by atoms with van der Waals surface area (Å²) in [5, 5.41) is 15.7. The number of nitrogens with two attached hydrogens (primary N) is 1. The maximum atomic E-state index is 10.6. The first kappa shape index (κ1) is 10.9. The normalized spacial score (nSPS) is 11.2. The summed E-state index contributed by atoms with van der Waals surface area (Å²) in [6, 6.07) is 0. The second-order valence-corrected chi connectivity index (χ2v) is 3.57. The molecule has 0 aliphatic rings. The molecule has 0 fully saturated rings. The molecule has 0 saturated carbocycles. The molecular formula is C8H16N2O2. The molecule has 0 rings (SSSR count). The number of carboxylic acid groups (broad SMARTS) is 1. The lowest BCUT2D eigenvalue weighted by Crippen LogP contribution is -2.24. The largest absolute Gasteiger partial charge is 0.481 e. The molecule has 0 saturated heterocycles. The van der Waals surface area contributed by atoms with Gasteiger partial charge in [-0.05, 0) is 26.7 Å². The van der Waals surface area contributed by atoms with Crippen LogP contribution in [-0.4, -0.2) is 16.9 Å². The van der Waals surface area contributed by atoms with E-state index in [0.717, 1.165) is 0 Å². The summed E-state index contributed by atoms with van der Waals surface area (Å²) in [4.78, 5) is 10.6. The molecule has 70 valence electrons. The van der Waals surface area contributed by atoms with E-state index in [9.17, 15) is 4.79 Å². The number of carboxylic acids is 1. The van der Waals surface area contributed by atoms with Crippen molar-refractivity contribution in [1.82, 2.24) is 0 Å². The molecule has 4 N–H and O–H groups in total. The Bertz CT molecular complexity index is 187. The Morgan fingerprint density at radius 3 is 2.42 bits per heavy atom. The van der Waals surface area contributed by atoms with E-state index in [1.54, 1.807) is 13.8 Å². The topological polar surface area (TPSA) is 87.2 Å². The molecule has 0 unspecified atom stereocenters. The highest BCUT2D eigenvalue weighted by Gasteiger charge is 2.25. The molecule has 0 heterocycles. The summed E-state index contributed by atoms with van der Waals surface area (Å²) in [6.45, 7) is 3.35. The molecule has 0 radical (unpaired) electrons. The standard InChI is InChI=1S/C8H16N2O2/c1-8(2,7(11)12)5-3-4-6(9)10/h3-5H2,1-2H3,(H3,9,10)(H,11,12). The molecule has 0 aromatic rings. The second-order valence-electron chi connectivity index (χ2n) is 3.57. The quantitative estimate of drug-likeness (QED) is 0.430. The van der Waals surface area contributed by atoms with E-state index >= 15 is 0 Å². The lowest BCUT2D eigenvalue weighted by atomic mass is 9.87. The minimum absolute atomic E-state index is 0.121. The first-order chi connectivity index (χ1) is 5.36. The maximum absolute atomic E-state index is 10.6. The molecule has 0 aromatic carbocycles. The van der Waals surface area contributed by atoms with Gasteiger partial charge in [-0.3, -0.25) is 10.2 Å². The summed E-state index contributed by atoms with van der Waals surface area (Å²) in [7, 11) is 0. The third-order valence-electron chi connectivity index (χ3n) is 1.83. The summed E-state index contributed by atoms with van der Waals surface area (Å²) in [6.07, 6.45) is 1.70. The van der Waals surface area contributed by atoms with Crippen LogP contribution < -0.4 is 5.73 Å². The van der Waals surface area contributed by atoms with E-state index in [-0.39, 0.29) is 5.84 Å². The van der Waals surface area contributed by atoms with Crippen LogP contribution in [0.4, 0.5) is 0 Å². The van der Waals surface area contributed by atoms with Crippen LogP contribution in [0.1, 0.15) is 33.1 Å². The Morgan fingerprint density at radius 1 is 1.58 bits per heavy atom. The van der Waals surface area contributed by atoms with Crippen LogP contribution in [-0.2, 0) is 4.79 Å². The third-order valence-corrected chi connectivity index (χ3v) is 1.83. The predicted molar refractivity (Wildman–Crippen MR) is 47.2 cm³/mol. The zero-order valence-corrected chi connectivity index (χ0v) is 7.55. The van der Waals surface area contributed by atoms with Crippen molar-refractivity contribution in [2.45, 2.75) is 33.1 Å². The van der Waals surface area contributed by atoms with Crippen molar-refractivity contribution in [1.29, 1.82) is 5.41 Å². The Labute approximate surface area is 72.3 Å². The maximum Gasteiger partial charge on any atom is 0.309 e. The van der Waals surface area contributed by atoms with E-state index in [1.165, 1.54) is 0 Å². The van der Waals surface area contributed by atoms with Crippen LogP contribution in [0.15, 0.2) is 0 Å². The van der Waals surface area contributed by atoms with Crippen LogP contribution >= 0.6 is 0 Å². The zero-order chi connectivity index (χ0) is 9.78. The van der Waals surface area contributed by atoms with Gasteiger partial charge in [0.25, 0.3) is 0 Å². The molecule has 4 heteroatoms. The highest BCUT2D eigenvalue weighted by Crippen LogP contribution is 2.22. The Hall–Kier alpha value is -1.06. The van der Waals surface area contributed by atoms with Crippen LogP contribution in [0.5, 0.6) is 0 Å². The number of hydrogen-bond acceptors (Lipinski definition) is 2. The molecule has 0 bridgehead atoms. The molecule has 0 spiro atoms. The molecule has 0 aliphatic carbocycles. The van der Waals surface area contributed by atoms with Crippen molar-refractivity contribution < 1.29 is 9.90 Å². The van der Waals surface area contributed by atoms with Gasteiger partial charge in [0.15, 0.2) is 0 Å². The fourth-order valence-corrected chi connectivity index (χ4v) is 0.828. The van der Waals surface area contributed by atoms with Crippen LogP contribution in [0.2, 0.25) is 0 Å². The number of rotatable bonds is 5. The van der Waals surface area contributed by atoms with Crippen molar-refractivity contribution in [3.8, 4) is 0 Å². The first-order valence-electron chi connectivity index (χ1n) is 3.92. The highest BCUT2D eigenvalue weighted by atomic mass is 16.4. The molecule has 0 aliphatic heterocycles. The van der Waals surface area contributed by atoms with E-state index in [0.29, 0.717) is 19.3 Å². The van der Waals surface area contributed by atoms with Gasteiger partial charge in [-0.2, -0.15) is 0 Å². The van der Waals surface area contributed by atoms with Gasteiger partial charge in [0.05, 0.1) is 11.3 Å². The van der Waals surface area contributed by atoms with Gasteiger partial charge in [0.1, 0.15) is 0 Å². The van der Waals surface area contributed by atoms with Crippen molar-refractivity contribution in [3.05, 3.63) is 0 Å². The van der Waals surface area contributed by atoms with Crippen molar-refractivity contribution in [2.75, 3.05) is 0 Å². The van der Waals surface area contributed by atoms with Gasteiger partial charge in [-0.1, -0.05) is 0 Å². The highest BCUT2D eigenvalue weighted by molar-refractivity contribution is 5.77. The number of carbonyl (C=O) groups is 1. The minimum Gasteiger partial charge on any atom is -0.481 e. The van der Waals surface area contributed by atoms with Crippen molar-refractivity contribution in [3.63, 3.8) is 0 Å². The van der Waals surface area contributed by atoms with E-state index in [2.05, 4.69) is 0 Å². The molecule has 0 aromatic heterocycles. The molecule has 12 heavy (non-hydrogen) atoms. The number of aliphatic carboxylic acids is 1. The number of hydrogen-bond donors (Lipinski definition) is 3. The van der Waals surface area contributed by atoms with Crippen LogP contribution in [0, 0.1) is 10.8 Å². The monoisotopic (exact) mass is 172 g/mol. The summed E-state index contributed by atoms with van der Waals surface area (Å²) in [5.74, 6) is -0.678. The van der Waals surface area contributed by atoms with Gasteiger partial charge in [-0.25, -0.2) is 0 Å².